The van der Waals surface area contributed by atoms with Crippen LogP contribution in [0.4, 0.5) is 5.69 Å². The fourth-order valence-corrected chi connectivity index (χ4v) is 3.02. The quantitative estimate of drug-likeness (QED) is 0.746. The van der Waals surface area contributed by atoms with E-state index in [2.05, 4.69) is 49.5 Å². The molecule has 0 spiro atoms. The van der Waals surface area contributed by atoms with E-state index < -0.39 is 0 Å². The van der Waals surface area contributed by atoms with Gasteiger partial charge in [0, 0.05) is 18.8 Å². The fourth-order valence-electron chi connectivity index (χ4n) is 2.77. The van der Waals surface area contributed by atoms with Crippen molar-refractivity contribution in [3.8, 4) is 0 Å². The van der Waals surface area contributed by atoms with Gasteiger partial charge in [-0.05, 0) is 41.7 Å². The van der Waals surface area contributed by atoms with E-state index >= 15 is 0 Å². The number of aliphatic hydroxyl groups excluding tert-OH is 1. The van der Waals surface area contributed by atoms with Crippen LogP contribution in [0.3, 0.4) is 0 Å². The van der Waals surface area contributed by atoms with E-state index in [-0.39, 0.29) is 6.61 Å². The van der Waals surface area contributed by atoms with Crippen LogP contribution in [0.15, 0.2) is 48.5 Å². The Labute approximate surface area is 150 Å². The van der Waals surface area contributed by atoms with Crippen LogP contribution in [0.2, 0.25) is 0 Å². The maximum absolute atomic E-state index is 9.40. The first-order valence-corrected chi connectivity index (χ1v) is 8.91. The average Bonchev–Trinajstić information content (AvgIpc) is 2.62. The highest BCUT2D eigenvalue weighted by atomic mass is 32.1. The Kier molecular flexibility index (Phi) is 7.22. The van der Waals surface area contributed by atoms with Crippen LogP contribution in [0.1, 0.15) is 30.5 Å². The highest BCUT2D eigenvalue weighted by Crippen LogP contribution is 2.23. The molecule has 0 bridgehead atoms. The van der Waals surface area contributed by atoms with Gasteiger partial charge in [-0.2, -0.15) is 0 Å². The lowest BCUT2D eigenvalue weighted by Crippen LogP contribution is -2.36. The fraction of sp³-hybridized carbons (Fsp3) is 0.350. The monoisotopic (exact) mass is 342 g/mol. The molecule has 2 rings (SSSR count). The number of hydrogen-bond donors (Lipinski definition) is 2. The molecule has 2 aromatic rings. The Bertz CT molecular complexity index is 636. The van der Waals surface area contributed by atoms with Crippen molar-refractivity contribution in [2.24, 2.45) is 0 Å². The molecule has 0 aliphatic carbocycles. The van der Waals surface area contributed by atoms with E-state index in [4.69, 9.17) is 12.2 Å². The summed E-state index contributed by atoms with van der Waals surface area (Å²) < 4.78 is 0. The number of benzene rings is 2. The number of anilines is 1. The van der Waals surface area contributed by atoms with Gasteiger partial charge in [-0.25, -0.2) is 0 Å². The van der Waals surface area contributed by atoms with E-state index in [1.165, 1.54) is 16.7 Å². The lowest BCUT2D eigenvalue weighted by atomic mass is 10.0. The van der Waals surface area contributed by atoms with E-state index in [1.807, 2.05) is 23.1 Å². The molecule has 128 valence electrons. The normalized spacial score (nSPS) is 10.5. The molecule has 0 amide bonds. The third kappa shape index (κ3) is 4.79. The predicted molar refractivity (Wildman–Crippen MR) is 105 cm³/mol. The highest BCUT2D eigenvalue weighted by Gasteiger charge is 2.13. The van der Waals surface area contributed by atoms with Gasteiger partial charge >= 0.3 is 0 Å². The minimum Gasteiger partial charge on any atom is -0.395 e. The number of aryl methyl sites for hydroxylation is 2. The van der Waals surface area contributed by atoms with Gasteiger partial charge < -0.3 is 15.3 Å². The van der Waals surface area contributed by atoms with E-state index in [9.17, 15) is 5.11 Å². The molecular weight excluding hydrogens is 316 g/mol. The molecule has 0 atom stereocenters. The summed E-state index contributed by atoms with van der Waals surface area (Å²) in [5.41, 5.74) is 4.82. The van der Waals surface area contributed by atoms with Gasteiger partial charge in [0.1, 0.15) is 0 Å². The largest absolute Gasteiger partial charge is 0.395 e. The molecular formula is C20H26N2OS. The summed E-state index contributed by atoms with van der Waals surface area (Å²) in [6.07, 6.45) is 1.91. The van der Waals surface area contributed by atoms with Crippen LogP contribution in [-0.4, -0.2) is 28.3 Å². The van der Waals surface area contributed by atoms with Crippen molar-refractivity contribution in [1.82, 2.24) is 4.90 Å². The van der Waals surface area contributed by atoms with Crippen molar-refractivity contribution < 1.29 is 5.11 Å². The second-order valence-corrected chi connectivity index (χ2v) is 6.11. The van der Waals surface area contributed by atoms with Crippen molar-refractivity contribution in [3.05, 3.63) is 65.2 Å². The standard InChI is InChI=1S/C20H26N2OS/c1-3-17-11-8-12-18(4-2)19(17)21-20(24)22(13-14-23)15-16-9-6-5-7-10-16/h5-12,23H,3-4,13-15H2,1-2H3,(H,21,24). The van der Waals surface area contributed by atoms with Gasteiger partial charge in [0.25, 0.3) is 0 Å². The highest BCUT2D eigenvalue weighted by molar-refractivity contribution is 7.80. The van der Waals surface area contributed by atoms with Gasteiger partial charge in [-0.15, -0.1) is 0 Å². The van der Waals surface area contributed by atoms with Crippen LogP contribution in [0.5, 0.6) is 0 Å². The first kappa shape index (κ1) is 18.4. The van der Waals surface area contributed by atoms with Crippen LogP contribution < -0.4 is 5.32 Å². The van der Waals surface area contributed by atoms with Gasteiger partial charge in [0.05, 0.1) is 6.61 Å². The summed E-state index contributed by atoms with van der Waals surface area (Å²) in [7, 11) is 0. The zero-order valence-corrected chi connectivity index (χ0v) is 15.3. The van der Waals surface area contributed by atoms with Crippen LogP contribution in [-0.2, 0) is 19.4 Å². The Balaban J connectivity index is 2.19. The molecule has 0 unspecified atom stereocenters. The van der Waals surface area contributed by atoms with Gasteiger partial charge in [0.2, 0.25) is 0 Å². The Morgan fingerprint density at radius 1 is 1.00 bits per heavy atom. The number of aliphatic hydroxyl groups is 1. The summed E-state index contributed by atoms with van der Waals surface area (Å²) in [5.74, 6) is 0. The summed E-state index contributed by atoms with van der Waals surface area (Å²) in [6.45, 7) is 5.57. The second kappa shape index (κ2) is 9.40. The van der Waals surface area contributed by atoms with Crippen molar-refractivity contribution >= 4 is 23.0 Å². The summed E-state index contributed by atoms with van der Waals surface area (Å²) >= 11 is 5.64. The summed E-state index contributed by atoms with van der Waals surface area (Å²) in [4.78, 5) is 2.01. The molecule has 0 aromatic heterocycles. The zero-order chi connectivity index (χ0) is 17.4. The number of hydrogen-bond acceptors (Lipinski definition) is 2. The maximum atomic E-state index is 9.40. The average molecular weight is 343 g/mol. The molecule has 3 nitrogen and oxygen atoms in total. The van der Waals surface area contributed by atoms with Crippen molar-refractivity contribution in [2.75, 3.05) is 18.5 Å². The molecule has 2 N–H and O–H groups in total. The predicted octanol–water partition coefficient (Wildman–Crippen LogP) is 4.00. The van der Waals surface area contributed by atoms with Gasteiger partial charge in [-0.3, -0.25) is 0 Å². The molecule has 0 aliphatic rings. The van der Waals surface area contributed by atoms with Crippen LogP contribution >= 0.6 is 12.2 Å². The number of nitrogens with one attached hydrogen (secondary N) is 1. The number of nitrogens with zero attached hydrogens (tertiary/aromatic N) is 1. The topological polar surface area (TPSA) is 35.5 Å². The Morgan fingerprint density at radius 3 is 2.17 bits per heavy atom. The second-order valence-electron chi connectivity index (χ2n) is 5.72. The molecule has 0 saturated carbocycles. The van der Waals surface area contributed by atoms with Crippen molar-refractivity contribution in [1.29, 1.82) is 0 Å². The lowest BCUT2D eigenvalue weighted by molar-refractivity contribution is 0.248. The molecule has 0 radical (unpaired) electrons. The molecule has 0 fully saturated rings. The molecule has 2 aromatic carbocycles. The first-order chi connectivity index (χ1) is 11.7. The van der Waals surface area contributed by atoms with E-state index in [0.29, 0.717) is 18.2 Å². The van der Waals surface area contributed by atoms with Gasteiger partial charge in [-0.1, -0.05) is 62.4 Å². The maximum Gasteiger partial charge on any atom is 0.173 e. The van der Waals surface area contributed by atoms with E-state index in [0.717, 1.165) is 18.5 Å². The van der Waals surface area contributed by atoms with Gasteiger partial charge in [0.15, 0.2) is 5.11 Å². The minimum absolute atomic E-state index is 0.0741. The van der Waals surface area contributed by atoms with E-state index in [1.54, 1.807) is 0 Å². The number of para-hydroxylation sites is 1. The Hall–Kier alpha value is -1.91. The molecule has 0 saturated heterocycles. The number of thiocarbonyl (C=S) groups is 1. The minimum atomic E-state index is 0.0741. The summed E-state index contributed by atoms with van der Waals surface area (Å²) in [6, 6.07) is 16.6. The third-order valence-electron chi connectivity index (χ3n) is 4.10. The first-order valence-electron chi connectivity index (χ1n) is 8.51. The Morgan fingerprint density at radius 2 is 1.62 bits per heavy atom. The molecule has 0 aliphatic heterocycles. The van der Waals surface area contributed by atoms with Crippen LogP contribution in [0.25, 0.3) is 0 Å². The molecule has 0 heterocycles. The molecule has 4 heteroatoms. The smallest absolute Gasteiger partial charge is 0.173 e. The van der Waals surface area contributed by atoms with Crippen LogP contribution in [0, 0.1) is 0 Å². The zero-order valence-electron chi connectivity index (χ0n) is 14.5. The van der Waals surface area contributed by atoms with Crippen molar-refractivity contribution in [3.63, 3.8) is 0 Å². The third-order valence-corrected chi connectivity index (χ3v) is 4.46. The number of rotatable bonds is 7. The molecule has 24 heavy (non-hydrogen) atoms. The lowest BCUT2D eigenvalue weighted by Gasteiger charge is -2.27. The SMILES string of the molecule is CCc1cccc(CC)c1NC(=S)N(CCO)Cc1ccccc1. The van der Waals surface area contributed by atoms with Crippen molar-refractivity contribution in [2.45, 2.75) is 33.2 Å². The summed E-state index contributed by atoms with van der Waals surface area (Å²) in [5, 5.41) is 13.5.